The Morgan fingerprint density at radius 2 is 1.91 bits per heavy atom. The lowest BCUT2D eigenvalue weighted by Gasteiger charge is -2.20. The van der Waals surface area contributed by atoms with Gasteiger partial charge in [0.25, 0.3) is 5.56 Å². The summed E-state index contributed by atoms with van der Waals surface area (Å²) in [6.45, 7) is 12.0. The molecule has 0 bridgehead atoms. The fourth-order valence-corrected chi connectivity index (χ4v) is 4.40. The number of likely N-dealkylation sites (N-methyl/N-ethyl adjacent to an activating group) is 1. The van der Waals surface area contributed by atoms with Gasteiger partial charge in [-0.05, 0) is 30.1 Å². The van der Waals surface area contributed by atoms with E-state index in [0.29, 0.717) is 11.3 Å². The number of aromatic nitrogens is 2. The number of ether oxygens (including phenoxy) is 1. The van der Waals surface area contributed by atoms with E-state index in [9.17, 15) is 20.0 Å². The minimum Gasteiger partial charge on any atom is -0.494 e. The molecule has 2 aromatic rings. The first-order valence-corrected chi connectivity index (χ1v) is 11.4. The molecule has 3 N–H and O–H groups in total. The van der Waals surface area contributed by atoms with Crippen LogP contribution in [0.2, 0.25) is 0 Å². The topological polar surface area (TPSA) is 138 Å². The normalized spacial score (nSPS) is 20.7. The lowest BCUT2D eigenvalue weighted by molar-refractivity contribution is 0.191. The molecule has 3 heterocycles. The molecule has 0 spiro atoms. The van der Waals surface area contributed by atoms with E-state index in [2.05, 4.69) is 55.6 Å². The lowest BCUT2D eigenvalue weighted by atomic mass is 9.84. The van der Waals surface area contributed by atoms with E-state index >= 15 is 0 Å². The minimum absolute atomic E-state index is 0.113. The smallest absolute Gasteiger partial charge is 0.328 e. The zero-order valence-corrected chi connectivity index (χ0v) is 20.0. The Labute approximate surface area is 197 Å². The van der Waals surface area contributed by atoms with Crippen LogP contribution < -0.4 is 11.2 Å². The molecular weight excluding hydrogens is 434 g/mol. The van der Waals surface area contributed by atoms with Gasteiger partial charge in [-0.1, -0.05) is 46.8 Å². The van der Waals surface area contributed by atoms with Crippen LogP contribution in [0.4, 0.5) is 0 Å². The molecule has 178 valence electrons. The van der Waals surface area contributed by atoms with Gasteiger partial charge in [-0.2, -0.15) is 5.26 Å². The molecule has 1 aromatic heterocycles. The van der Waals surface area contributed by atoms with Gasteiger partial charge in [-0.3, -0.25) is 19.7 Å². The largest absolute Gasteiger partial charge is 0.494 e. The summed E-state index contributed by atoms with van der Waals surface area (Å²) < 4.78 is 5.99. The summed E-state index contributed by atoms with van der Waals surface area (Å²) in [5.74, 6) is -0.551. The standard InChI is InChI=1S/C25H29N5O4/c1-6-30(7-2)23-20(34-23)15(10-11-26)18-16-12-13(25(3,4)5)8-9-14(16)19(27-18)17-21(31)28-24(33)29-22(17)32/h8-9,12,20,23H,6-7,10H2,1-5H3,(H3,28,29,31,32,33)/b18-15-. The van der Waals surface area contributed by atoms with Gasteiger partial charge in [0.05, 0.1) is 23.9 Å². The molecule has 34 heavy (non-hydrogen) atoms. The zero-order chi connectivity index (χ0) is 24.8. The van der Waals surface area contributed by atoms with Crippen molar-refractivity contribution < 1.29 is 9.84 Å². The van der Waals surface area contributed by atoms with Crippen LogP contribution in [0.1, 0.15) is 63.3 Å². The Hall–Kier alpha value is -3.48. The molecule has 2 aliphatic rings. The Morgan fingerprint density at radius 3 is 2.50 bits per heavy atom. The average molecular weight is 464 g/mol. The van der Waals surface area contributed by atoms with Gasteiger partial charge in [-0.15, -0.1) is 0 Å². The number of hydrogen-bond donors (Lipinski definition) is 3. The molecule has 2 aliphatic heterocycles. The van der Waals surface area contributed by atoms with Crippen molar-refractivity contribution in [2.24, 2.45) is 4.99 Å². The summed E-state index contributed by atoms with van der Waals surface area (Å²) >= 11 is 0. The van der Waals surface area contributed by atoms with Crippen molar-refractivity contribution in [3.05, 3.63) is 66.9 Å². The first kappa shape index (κ1) is 23.7. The van der Waals surface area contributed by atoms with Crippen molar-refractivity contribution in [3.8, 4) is 11.9 Å². The molecule has 2 atom stereocenters. The van der Waals surface area contributed by atoms with E-state index in [1.807, 2.05) is 18.2 Å². The predicted octanol–water partition coefficient (Wildman–Crippen LogP) is 2.61. The number of rotatable bonds is 6. The van der Waals surface area contributed by atoms with Crippen molar-refractivity contribution in [2.75, 3.05) is 13.1 Å². The highest BCUT2D eigenvalue weighted by Crippen LogP contribution is 2.43. The maximum atomic E-state index is 12.6. The molecule has 1 fully saturated rings. The van der Waals surface area contributed by atoms with E-state index in [1.165, 1.54) is 0 Å². The number of H-pyrrole nitrogens is 2. The van der Waals surface area contributed by atoms with E-state index in [-0.39, 0.29) is 35.4 Å². The van der Waals surface area contributed by atoms with E-state index in [4.69, 9.17) is 9.73 Å². The summed E-state index contributed by atoms with van der Waals surface area (Å²) in [6.07, 6.45) is -0.308. The van der Waals surface area contributed by atoms with Gasteiger partial charge in [0.1, 0.15) is 17.9 Å². The number of benzene rings is 1. The number of hydrogen-bond acceptors (Lipinski definition) is 7. The maximum Gasteiger partial charge on any atom is 0.328 e. The number of aromatic hydroxyl groups is 1. The van der Waals surface area contributed by atoms with Gasteiger partial charge in [0.2, 0.25) is 5.88 Å². The van der Waals surface area contributed by atoms with Crippen LogP contribution in [-0.2, 0) is 10.2 Å². The molecule has 9 heteroatoms. The number of epoxide rings is 1. The Morgan fingerprint density at radius 1 is 1.21 bits per heavy atom. The highest BCUT2D eigenvalue weighted by molar-refractivity contribution is 6.21. The van der Waals surface area contributed by atoms with Crippen LogP contribution in [0.5, 0.6) is 5.88 Å². The summed E-state index contributed by atoms with van der Waals surface area (Å²) in [5, 5.41) is 20.0. The summed E-state index contributed by atoms with van der Waals surface area (Å²) in [6, 6.07) is 8.08. The molecule has 1 aromatic carbocycles. The SMILES string of the molecule is CCN(CC)C1OC1/C(CC#N)=C1\N=C(c2c(O)[nH]c(=O)[nH]c2=O)c2ccc(C(C)(C)C)cc21. The summed E-state index contributed by atoms with van der Waals surface area (Å²) in [7, 11) is 0. The second kappa shape index (κ2) is 8.70. The van der Waals surface area contributed by atoms with Crippen LogP contribution in [0.15, 0.2) is 38.4 Å². The van der Waals surface area contributed by atoms with Gasteiger partial charge < -0.3 is 9.84 Å². The Balaban J connectivity index is 1.96. The first-order chi connectivity index (χ1) is 16.1. The molecule has 0 radical (unpaired) electrons. The third-order valence-corrected chi connectivity index (χ3v) is 6.34. The van der Waals surface area contributed by atoms with Crippen molar-refractivity contribution >= 4 is 11.4 Å². The van der Waals surface area contributed by atoms with Gasteiger partial charge >= 0.3 is 5.69 Å². The fourth-order valence-electron chi connectivity index (χ4n) is 4.40. The maximum absolute atomic E-state index is 12.6. The summed E-state index contributed by atoms with van der Waals surface area (Å²) in [4.78, 5) is 35.6. The van der Waals surface area contributed by atoms with E-state index < -0.39 is 17.1 Å². The van der Waals surface area contributed by atoms with Crippen LogP contribution in [-0.4, -0.2) is 51.1 Å². The van der Waals surface area contributed by atoms with Crippen molar-refractivity contribution in [2.45, 2.75) is 58.8 Å². The average Bonchev–Trinajstić information content (AvgIpc) is 3.45. The number of nitrogens with zero attached hydrogens (tertiary/aromatic N) is 3. The molecule has 9 nitrogen and oxygen atoms in total. The van der Waals surface area contributed by atoms with Crippen LogP contribution in [0.3, 0.4) is 0 Å². The van der Waals surface area contributed by atoms with Gasteiger partial charge in [-0.25, -0.2) is 9.79 Å². The van der Waals surface area contributed by atoms with Crippen LogP contribution in [0.25, 0.3) is 5.70 Å². The zero-order valence-electron chi connectivity index (χ0n) is 20.0. The number of nitriles is 1. The van der Waals surface area contributed by atoms with Gasteiger partial charge in [0, 0.05) is 16.7 Å². The van der Waals surface area contributed by atoms with Crippen molar-refractivity contribution in [1.29, 1.82) is 5.26 Å². The predicted molar refractivity (Wildman–Crippen MR) is 129 cm³/mol. The molecular formula is C25H29N5O4. The lowest BCUT2D eigenvalue weighted by Crippen LogP contribution is -2.28. The number of aliphatic imine (C=N–C) groups is 1. The molecule has 0 amide bonds. The first-order valence-electron chi connectivity index (χ1n) is 11.4. The molecule has 0 saturated carbocycles. The van der Waals surface area contributed by atoms with Crippen molar-refractivity contribution in [1.82, 2.24) is 14.9 Å². The minimum atomic E-state index is -0.803. The summed E-state index contributed by atoms with van der Waals surface area (Å²) in [5.41, 5.74) is 2.23. The monoisotopic (exact) mass is 463 g/mol. The van der Waals surface area contributed by atoms with Crippen molar-refractivity contribution in [3.63, 3.8) is 0 Å². The molecule has 1 saturated heterocycles. The van der Waals surface area contributed by atoms with Gasteiger partial charge in [0.15, 0.2) is 0 Å². The fraction of sp³-hybridized carbons (Fsp3) is 0.440. The van der Waals surface area contributed by atoms with E-state index in [1.54, 1.807) is 0 Å². The van der Waals surface area contributed by atoms with Crippen LogP contribution >= 0.6 is 0 Å². The highest BCUT2D eigenvalue weighted by atomic mass is 16.6. The number of aromatic amines is 2. The molecule has 4 rings (SSSR count). The van der Waals surface area contributed by atoms with E-state index in [0.717, 1.165) is 29.8 Å². The van der Waals surface area contributed by atoms with Crippen LogP contribution in [0, 0.1) is 11.3 Å². The Bertz CT molecular complexity index is 1350. The number of nitrogens with one attached hydrogen (secondary N) is 2. The quantitative estimate of drug-likeness (QED) is 0.563. The highest BCUT2D eigenvalue weighted by Gasteiger charge is 2.47. The Kier molecular flexibility index (Phi) is 6.06. The number of fused-ring (bicyclic) bond motifs is 1. The second-order valence-corrected chi connectivity index (χ2v) is 9.48. The third-order valence-electron chi connectivity index (χ3n) is 6.34. The third kappa shape index (κ3) is 4.11. The molecule has 2 unspecified atom stereocenters. The second-order valence-electron chi connectivity index (χ2n) is 9.48. The molecule has 0 aliphatic carbocycles.